The number of hydrogen-bond acceptors (Lipinski definition) is 3. The highest BCUT2D eigenvalue weighted by Crippen LogP contribution is 2.61. The van der Waals surface area contributed by atoms with E-state index in [1.807, 2.05) is 80.1 Å². The van der Waals surface area contributed by atoms with E-state index in [9.17, 15) is 14.4 Å². The fourth-order valence-corrected chi connectivity index (χ4v) is 5.71. The second-order valence-corrected chi connectivity index (χ2v) is 13.4. The maximum atomic E-state index is 15.3. The summed E-state index contributed by atoms with van der Waals surface area (Å²) in [7, 11) is -5.77. The Balaban J connectivity index is 2.01. The zero-order valence-corrected chi connectivity index (χ0v) is 23.4. The van der Waals surface area contributed by atoms with Gasteiger partial charge in [0.1, 0.15) is 5.52 Å². The standard InChI is InChI=1S/C29H34F2N3O3P/c1-27(2,3)25-20(16-17-21(26(25)28(4,5)6)29(30,31)38(35,36)37)18-24(19-12-8-7-9-13-19)34-23-15-11-10-14-22(23)32-33-34/h7-17,24H,18H2,1-6H3,(H2,35,36,37). The summed E-state index contributed by atoms with van der Waals surface area (Å²) in [6.07, 6.45) is 0.412. The number of alkyl halides is 2. The molecule has 0 fully saturated rings. The highest BCUT2D eigenvalue weighted by Gasteiger charge is 2.53. The Morgan fingerprint density at radius 1 is 0.842 bits per heavy atom. The Morgan fingerprint density at radius 3 is 2.00 bits per heavy atom. The molecule has 0 spiro atoms. The van der Waals surface area contributed by atoms with Crippen LogP contribution in [0.15, 0.2) is 66.7 Å². The molecule has 4 aromatic rings. The second-order valence-electron chi connectivity index (χ2n) is 11.8. The van der Waals surface area contributed by atoms with E-state index in [1.54, 1.807) is 26.8 Å². The summed E-state index contributed by atoms with van der Waals surface area (Å²) in [6, 6.07) is 19.9. The summed E-state index contributed by atoms with van der Waals surface area (Å²) < 4.78 is 44.4. The summed E-state index contributed by atoms with van der Waals surface area (Å²) >= 11 is 0. The van der Waals surface area contributed by atoms with Gasteiger partial charge in [-0.15, -0.1) is 5.10 Å². The fourth-order valence-electron chi connectivity index (χ4n) is 5.21. The average Bonchev–Trinajstić information content (AvgIpc) is 3.24. The number of benzene rings is 3. The lowest BCUT2D eigenvalue weighted by atomic mass is 9.70. The van der Waals surface area contributed by atoms with Crippen LogP contribution in [-0.2, 0) is 27.5 Å². The molecule has 9 heteroatoms. The lowest BCUT2D eigenvalue weighted by Crippen LogP contribution is -2.30. The number of halogens is 2. The van der Waals surface area contributed by atoms with Crippen LogP contribution in [0.2, 0.25) is 0 Å². The molecule has 0 bridgehead atoms. The van der Waals surface area contributed by atoms with Gasteiger partial charge in [0.25, 0.3) is 0 Å². The van der Waals surface area contributed by atoms with Gasteiger partial charge in [-0.25, -0.2) is 4.68 Å². The number of fused-ring (bicyclic) bond motifs is 1. The molecule has 0 amide bonds. The molecule has 1 unspecified atom stereocenters. The maximum Gasteiger partial charge on any atom is 0.399 e. The topological polar surface area (TPSA) is 88.2 Å². The minimum absolute atomic E-state index is 0.256. The van der Waals surface area contributed by atoms with E-state index in [0.717, 1.165) is 22.2 Å². The van der Waals surface area contributed by atoms with E-state index in [1.165, 1.54) is 6.07 Å². The molecule has 0 aliphatic rings. The van der Waals surface area contributed by atoms with E-state index in [0.29, 0.717) is 12.0 Å². The van der Waals surface area contributed by atoms with Crippen LogP contribution in [0.5, 0.6) is 0 Å². The van der Waals surface area contributed by atoms with Gasteiger partial charge in [0.05, 0.1) is 11.6 Å². The Hall–Kier alpha value is -2.93. The molecule has 3 aromatic carbocycles. The number of hydrogen-bond donors (Lipinski definition) is 2. The molecular weight excluding hydrogens is 507 g/mol. The first kappa shape index (κ1) is 28.1. The molecule has 0 aliphatic heterocycles. The van der Waals surface area contributed by atoms with Crippen molar-refractivity contribution < 1.29 is 23.1 Å². The molecule has 0 radical (unpaired) electrons. The van der Waals surface area contributed by atoms with Gasteiger partial charge < -0.3 is 9.79 Å². The van der Waals surface area contributed by atoms with Crippen molar-refractivity contribution in [3.63, 3.8) is 0 Å². The third kappa shape index (κ3) is 5.18. The molecule has 38 heavy (non-hydrogen) atoms. The van der Waals surface area contributed by atoms with E-state index in [-0.39, 0.29) is 11.6 Å². The van der Waals surface area contributed by atoms with Gasteiger partial charge in [-0.2, -0.15) is 8.78 Å². The van der Waals surface area contributed by atoms with Crippen molar-refractivity contribution in [2.24, 2.45) is 0 Å². The van der Waals surface area contributed by atoms with Crippen molar-refractivity contribution in [1.29, 1.82) is 0 Å². The predicted octanol–water partition coefficient (Wildman–Crippen LogP) is 7.09. The van der Waals surface area contributed by atoms with Gasteiger partial charge in [-0.3, -0.25) is 4.57 Å². The van der Waals surface area contributed by atoms with Crippen molar-refractivity contribution >= 4 is 18.6 Å². The maximum absolute atomic E-state index is 15.3. The Morgan fingerprint density at radius 2 is 1.42 bits per heavy atom. The molecule has 4 rings (SSSR count). The molecule has 0 aliphatic carbocycles. The highest BCUT2D eigenvalue weighted by atomic mass is 31.2. The van der Waals surface area contributed by atoms with E-state index in [4.69, 9.17) is 0 Å². The van der Waals surface area contributed by atoms with Gasteiger partial charge in [0.15, 0.2) is 0 Å². The second kappa shape index (κ2) is 9.67. The highest BCUT2D eigenvalue weighted by molar-refractivity contribution is 7.52. The van der Waals surface area contributed by atoms with Crippen LogP contribution < -0.4 is 0 Å². The Kier molecular flexibility index (Phi) is 7.15. The lowest BCUT2D eigenvalue weighted by molar-refractivity contribution is 0.0544. The number of aromatic nitrogens is 3. The quantitative estimate of drug-likeness (QED) is 0.255. The van der Waals surface area contributed by atoms with Gasteiger partial charge >= 0.3 is 13.3 Å². The first-order valence-corrected chi connectivity index (χ1v) is 14.1. The normalized spacial score (nSPS) is 14.2. The van der Waals surface area contributed by atoms with Gasteiger partial charge in [-0.05, 0) is 51.6 Å². The van der Waals surface area contributed by atoms with Crippen LogP contribution in [0.3, 0.4) is 0 Å². The van der Waals surface area contributed by atoms with Gasteiger partial charge in [0.2, 0.25) is 0 Å². The third-order valence-electron chi connectivity index (χ3n) is 6.75. The molecule has 202 valence electrons. The number of nitrogens with zero attached hydrogens (tertiary/aromatic N) is 3. The van der Waals surface area contributed by atoms with Crippen molar-refractivity contribution in [2.75, 3.05) is 0 Å². The molecule has 0 saturated heterocycles. The molecule has 1 aromatic heterocycles. The number of para-hydroxylation sites is 1. The van der Waals surface area contributed by atoms with Crippen LogP contribution >= 0.6 is 7.60 Å². The minimum Gasteiger partial charge on any atom is -0.320 e. The summed E-state index contributed by atoms with van der Waals surface area (Å²) in [5.74, 6) is 0. The van der Waals surface area contributed by atoms with Crippen molar-refractivity contribution in [3.05, 3.63) is 94.5 Å². The summed E-state index contributed by atoms with van der Waals surface area (Å²) in [5.41, 5.74) is -2.10. The molecular formula is C29H34F2N3O3P. The van der Waals surface area contributed by atoms with Crippen molar-refractivity contribution in [1.82, 2.24) is 15.0 Å². The fraction of sp³-hybridized carbons (Fsp3) is 0.379. The first-order chi connectivity index (χ1) is 17.5. The van der Waals surface area contributed by atoms with Crippen molar-refractivity contribution in [3.8, 4) is 0 Å². The zero-order valence-electron chi connectivity index (χ0n) is 22.5. The molecule has 0 saturated carbocycles. The molecule has 6 nitrogen and oxygen atoms in total. The SMILES string of the molecule is CC(C)(C)c1c(CC(c2ccccc2)n2nnc3ccccc32)ccc(C(F)(F)P(=O)(O)O)c1C(C)(C)C. The zero-order chi connectivity index (χ0) is 28.1. The van der Waals surface area contributed by atoms with Crippen LogP contribution in [0.4, 0.5) is 8.78 Å². The van der Waals surface area contributed by atoms with E-state index in [2.05, 4.69) is 10.3 Å². The third-order valence-corrected chi connectivity index (χ3v) is 7.72. The van der Waals surface area contributed by atoms with Gasteiger partial charge in [-0.1, -0.05) is 101 Å². The average molecular weight is 542 g/mol. The smallest absolute Gasteiger partial charge is 0.320 e. The van der Waals surface area contributed by atoms with E-state index < -0.39 is 29.7 Å². The molecule has 1 heterocycles. The van der Waals surface area contributed by atoms with E-state index >= 15 is 8.78 Å². The number of rotatable bonds is 6. The summed E-state index contributed by atoms with van der Waals surface area (Å²) in [5, 5.41) is 8.80. The Labute approximate surface area is 221 Å². The van der Waals surface area contributed by atoms with Gasteiger partial charge in [0, 0.05) is 5.56 Å². The largest absolute Gasteiger partial charge is 0.399 e. The van der Waals surface area contributed by atoms with Crippen LogP contribution in [0.1, 0.15) is 75.4 Å². The predicted molar refractivity (Wildman–Crippen MR) is 146 cm³/mol. The van der Waals surface area contributed by atoms with Crippen LogP contribution in [-0.4, -0.2) is 24.8 Å². The van der Waals surface area contributed by atoms with Crippen LogP contribution in [0.25, 0.3) is 11.0 Å². The summed E-state index contributed by atoms with van der Waals surface area (Å²) in [6.45, 7) is 11.2. The summed E-state index contributed by atoms with van der Waals surface area (Å²) in [4.78, 5) is 19.2. The minimum atomic E-state index is -5.77. The first-order valence-electron chi connectivity index (χ1n) is 12.5. The lowest BCUT2D eigenvalue weighted by Gasteiger charge is -2.37. The molecule has 1 atom stereocenters. The monoisotopic (exact) mass is 541 g/mol. The van der Waals surface area contributed by atoms with Crippen LogP contribution in [0, 0.1) is 0 Å². The Bertz CT molecular complexity index is 1500. The molecule has 2 N–H and O–H groups in total. The van der Waals surface area contributed by atoms with Crippen molar-refractivity contribution in [2.45, 2.75) is 70.5 Å².